The molecule has 4 rings (SSSR count). The van der Waals surface area contributed by atoms with E-state index < -0.39 is 5.60 Å². The predicted octanol–water partition coefficient (Wildman–Crippen LogP) is 5.22. The Morgan fingerprint density at radius 3 is 1.74 bits per heavy atom. The average molecular weight is 686 g/mol. The molecule has 0 radical (unpaired) electrons. The summed E-state index contributed by atoms with van der Waals surface area (Å²) in [4.78, 5) is 0. The zero-order valence-electron chi connectivity index (χ0n) is 20.1. The molecule has 1 fully saturated rings. The molecule has 0 amide bonds. The zero-order chi connectivity index (χ0) is 23.3. The van der Waals surface area contributed by atoms with Gasteiger partial charge in [-0.25, -0.2) is 6.61 Å². The molecule has 1 unspecified atom stereocenters. The molecule has 5 nitrogen and oxygen atoms in total. The maximum atomic E-state index is 6.89. The minimum absolute atomic E-state index is 0. The Bertz CT molecular complexity index is 960. The van der Waals surface area contributed by atoms with Gasteiger partial charge in [-0.1, -0.05) is 61.5 Å². The Kier molecular flexibility index (Phi) is 9.65. The molecule has 1 heterocycles. The normalized spacial score (nSPS) is 19.9. The predicted molar refractivity (Wildman–Crippen MR) is 127 cm³/mol. The van der Waals surface area contributed by atoms with Crippen molar-refractivity contribution in [2.75, 3.05) is 27.9 Å². The van der Waals surface area contributed by atoms with Crippen LogP contribution in [0.25, 0.3) is 0 Å². The standard InChI is InChI=1S/C28H31O5.U/c1-20-18-32-26(27(20)31-4)19-33-28(21-8-6-5-7-9-21,22-10-14-24(29-2)15-11-22)23-12-16-25(30-3)17-13-23;/h5-18,20,26-27H,19H2,1-4H3;/q-1;/t20?,26-,27-;/m1./s1. The van der Waals surface area contributed by atoms with Gasteiger partial charge in [0.1, 0.15) is 17.1 Å². The van der Waals surface area contributed by atoms with E-state index in [1.165, 1.54) is 0 Å². The van der Waals surface area contributed by atoms with Crippen LogP contribution in [0.1, 0.15) is 23.6 Å². The smallest absolute Gasteiger partial charge is 0.143 e. The molecule has 0 spiro atoms. The maximum Gasteiger partial charge on any atom is 0.143 e. The summed E-state index contributed by atoms with van der Waals surface area (Å²) >= 11 is 0. The van der Waals surface area contributed by atoms with Crippen molar-refractivity contribution >= 4 is 0 Å². The molecule has 3 aromatic carbocycles. The molecule has 0 bridgehead atoms. The van der Waals surface area contributed by atoms with Gasteiger partial charge in [0, 0.05) is 38.2 Å². The fourth-order valence-electron chi connectivity index (χ4n) is 4.50. The Morgan fingerprint density at radius 1 is 0.765 bits per heavy atom. The third-order valence-corrected chi connectivity index (χ3v) is 6.26. The van der Waals surface area contributed by atoms with E-state index in [4.69, 9.17) is 23.7 Å². The van der Waals surface area contributed by atoms with Crippen molar-refractivity contribution in [2.45, 2.75) is 24.7 Å². The quantitative estimate of drug-likeness (QED) is 0.229. The van der Waals surface area contributed by atoms with Crippen LogP contribution in [0.2, 0.25) is 0 Å². The molecule has 3 aromatic rings. The average Bonchev–Trinajstić information content (AvgIpc) is 3.25. The summed E-state index contributed by atoms with van der Waals surface area (Å²) in [7, 11) is 5.05. The third-order valence-electron chi connectivity index (χ3n) is 6.26. The molecule has 3 atom stereocenters. The first kappa shape index (κ1) is 26.8. The summed E-state index contributed by atoms with van der Waals surface area (Å²) in [6.07, 6.45) is -0.269. The van der Waals surface area contributed by atoms with Crippen LogP contribution in [0.3, 0.4) is 0 Å². The van der Waals surface area contributed by atoms with Crippen LogP contribution < -0.4 is 9.47 Å². The van der Waals surface area contributed by atoms with Crippen molar-refractivity contribution in [3.05, 3.63) is 102 Å². The monoisotopic (exact) mass is 685 g/mol. The fraction of sp³-hybridized carbons (Fsp3) is 0.321. The van der Waals surface area contributed by atoms with Crippen LogP contribution in [0, 0.1) is 43.6 Å². The van der Waals surface area contributed by atoms with E-state index in [-0.39, 0.29) is 49.2 Å². The first-order valence-corrected chi connectivity index (χ1v) is 11.1. The van der Waals surface area contributed by atoms with E-state index in [9.17, 15) is 0 Å². The number of ether oxygens (including phenoxy) is 5. The molecule has 1 aliphatic heterocycles. The topological polar surface area (TPSA) is 46.2 Å². The second-order valence-electron chi connectivity index (χ2n) is 8.19. The summed E-state index contributed by atoms with van der Waals surface area (Å²) in [5, 5.41) is 0. The van der Waals surface area contributed by atoms with Gasteiger partial charge in [-0.15, -0.1) is 5.92 Å². The molecule has 178 valence electrons. The largest absolute Gasteiger partial charge is 0.546 e. The van der Waals surface area contributed by atoms with Gasteiger partial charge in [-0.3, -0.25) is 0 Å². The number of rotatable bonds is 9. The Balaban J connectivity index is 0.00000324. The molecule has 0 saturated carbocycles. The molecule has 1 aliphatic rings. The van der Waals surface area contributed by atoms with Crippen LogP contribution in [0.5, 0.6) is 11.5 Å². The van der Waals surface area contributed by atoms with E-state index in [0.29, 0.717) is 6.61 Å². The van der Waals surface area contributed by atoms with Crippen LogP contribution in [0.15, 0.2) is 78.9 Å². The van der Waals surface area contributed by atoms with Gasteiger partial charge in [0.2, 0.25) is 0 Å². The summed E-state index contributed by atoms with van der Waals surface area (Å²) in [6, 6.07) is 26.3. The van der Waals surface area contributed by atoms with Crippen molar-refractivity contribution in [2.24, 2.45) is 5.92 Å². The van der Waals surface area contributed by atoms with Gasteiger partial charge in [-0.05, 0) is 41.0 Å². The first-order valence-electron chi connectivity index (χ1n) is 11.1. The van der Waals surface area contributed by atoms with Crippen molar-refractivity contribution < 1.29 is 54.8 Å². The second kappa shape index (κ2) is 12.2. The van der Waals surface area contributed by atoms with Gasteiger partial charge in [0.25, 0.3) is 0 Å². The first-order chi connectivity index (χ1) is 16.1. The van der Waals surface area contributed by atoms with Crippen LogP contribution in [0.4, 0.5) is 0 Å². The van der Waals surface area contributed by atoms with Crippen molar-refractivity contribution in [1.82, 2.24) is 0 Å². The molecule has 6 heteroatoms. The van der Waals surface area contributed by atoms with Crippen LogP contribution in [-0.2, 0) is 19.8 Å². The van der Waals surface area contributed by atoms with Gasteiger partial charge in [0.15, 0.2) is 0 Å². The van der Waals surface area contributed by atoms with Gasteiger partial charge >= 0.3 is 0 Å². The summed E-state index contributed by atoms with van der Waals surface area (Å²) in [5.41, 5.74) is 2.13. The fourth-order valence-corrected chi connectivity index (χ4v) is 4.50. The van der Waals surface area contributed by atoms with E-state index in [1.807, 2.05) is 73.3 Å². The van der Waals surface area contributed by atoms with E-state index >= 15 is 0 Å². The van der Waals surface area contributed by atoms with Crippen molar-refractivity contribution in [3.63, 3.8) is 0 Å². The van der Waals surface area contributed by atoms with Gasteiger partial charge < -0.3 is 23.7 Å². The van der Waals surface area contributed by atoms with Crippen LogP contribution in [-0.4, -0.2) is 40.1 Å². The number of hydrogen-bond donors (Lipinski definition) is 0. The molecule has 1 saturated heterocycles. The SMILES string of the molecule is COc1ccc(C(OC[C@H]2O[CH-]C(C)[C@H]2OC)(c2ccccc2)c2ccc(OC)cc2)cc1.[U]. The van der Waals surface area contributed by atoms with Crippen LogP contribution >= 0.6 is 0 Å². The molecule has 0 aliphatic carbocycles. The maximum absolute atomic E-state index is 6.89. The Labute approximate surface area is 226 Å². The van der Waals surface area contributed by atoms with Gasteiger partial charge in [-0.2, -0.15) is 0 Å². The van der Waals surface area contributed by atoms with Gasteiger partial charge in [0.05, 0.1) is 33.0 Å². The number of hydrogen-bond acceptors (Lipinski definition) is 5. The third kappa shape index (κ3) is 5.37. The van der Waals surface area contributed by atoms with Crippen molar-refractivity contribution in [1.29, 1.82) is 0 Å². The molecular weight excluding hydrogens is 654 g/mol. The molecule has 0 N–H and O–H groups in total. The Morgan fingerprint density at radius 2 is 1.26 bits per heavy atom. The summed E-state index contributed by atoms with van der Waals surface area (Å²) in [5.74, 6) is 1.77. The van der Waals surface area contributed by atoms with E-state index in [0.717, 1.165) is 28.2 Å². The molecule has 34 heavy (non-hydrogen) atoms. The summed E-state index contributed by atoms with van der Waals surface area (Å²) < 4.78 is 29.3. The Hall–Kier alpha value is -1.81. The second-order valence-corrected chi connectivity index (χ2v) is 8.19. The summed E-state index contributed by atoms with van der Waals surface area (Å²) in [6.45, 7) is 4.28. The number of benzene rings is 3. The minimum Gasteiger partial charge on any atom is -0.546 e. The van der Waals surface area contributed by atoms with E-state index in [2.05, 4.69) is 19.1 Å². The zero-order valence-corrected chi connectivity index (χ0v) is 24.2. The van der Waals surface area contributed by atoms with E-state index in [1.54, 1.807) is 21.3 Å². The number of methoxy groups -OCH3 is 3. The van der Waals surface area contributed by atoms with Crippen molar-refractivity contribution in [3.8, 4) is 11.5 Å². The molecule has 0 aromatic heterocycles. The minimum atomic E-state index is -0.868. The molecular formula is C28H31O5U-.